The molecule has 26 heavy (non-hydrogen) atoms. The Labute approximate surface area is 162 Å². The predicted molar refractivity (Wildman–Crippen MR) is 99.0 cm³/mol. The zero-order valence-electron chi connectivity index (χ0n) is 15.0. The van der Waals surface area contributed by atoms with E-state index >= 15 is 0 Å². The van der Waals surface area contributed by atoms with Crippen LogP contribution in [0.3, 0.4) is 0 Å². The molecule has 142 valence electrons. The van der Waals surface area contributed by atoms with Crippen molar-refractivity contribution in [3.8, 4) is 0 Å². The van der Waals surface area contributed by atoms with Crippen LogP contribution in [0.15, 0.2) is 18.2 Å². The van der Waals surface area contributed by atoms with Crippen LogP contribution in [0, 0.1) is 5.92 Å². The maximum Gasteiger partial charge on any atom is 0.326 e. The van der Waals surface area contributed by atoms with Crippen molar-refractivity contribution in [1.82, 2.24) is 10.2 Å². The molecule has 8 heteroatoms. The van der Waals surface area contributed by atoms with E-state index in [9.17, 15) is 14.4 Å². The summed E-state index contributed by atoms with van der Waals surface area (Å²) < 4.78 is 5.13. The molecule has 0 aromatic heterocycles. The third-order valence-electron chi connectivity index (χ3n) is 4.29. The Bertz CT molecular complexity index is 703. The number of imide groups is 1. The van der Waals surface area contributed by atoms with Gasteiger partial charge in [0, 0.05) is 15.6 Å². The lowest BCUT2D eigenvalue weighted by Gasteiger charge is -2.22. The molecule has 1 atom stereocenters. The highest BCUT2D eigenvalue weighted by Gasteiger charge is 2.48. The molecule has 0 saturated carbocycles. The van der Waals surface area contributed by atoms with E-state index in [4.69, 9.17) is 27.9 Å². The molecule has 0 bridgehead atoms. The van der Waals surface area contributed by atoms with Crippen LogP contribution in [-0.2, 0) is 20.9 Å². The number of carbonyl (C=O) groups excluding carboxylic acids is 3. The number of nitrogens with one attached hydrogen (secondary N) is 1. The molecule has 1 saturated heterocycles. The first-order valence-corrected chi connectivity index (χ1v) is 9.12. The van der Waals surface area contributed by atoms with Gasteiger partial charge in [0.05, 0.1) is 0 Å². The second-order valence-electron chi connectivity index (χ2n) is 6.95. The van der Waals surface area contributed by atoms with E-state index in [0.717, 1.165) is 11.3 Å². The first-order valence-electron chi connectivity index (χ1n) is 8.36. The fourth-order valence-electron chi connectivity index (χ4n) is 2.64. The molecule has 1 aromatic rings. The summed E-state index contributed by atoms with van der Waals surface area (Å²) >= 11 is 12.0. The summed E-state index contributed by atoms with van der Waals surface area (Å²) in [6, 6.07) is 4.36. The van der Waals surface area contributed by atoms with Crippen LogP contribution in [0.1, 0.15) is 39.2 Å². The summed E-state index contributed by atoms with van der Waals surface area (Å²) in [6.45, 7) is 5.17. The Kier molecular flexibility index (Phi) is 6.53. The standard InChI is InChI=1S/C18H22Cl2N2O4/c1-11(2)7-8-18(3)16(24)22(17(25)21-18)9-15(23)26-10-12-13(19)5-4-6-14(12)20/h4-6,11H,7-10H2,1-3H3,(H,21,25)/t18-/m0/s1. The summed E-state index contributed by atoms with van der Waals surface area (Å²) in [7, 11) is 0. The normalized spacial score (nSPS) is 19.8. The number of urea groups is 1. The van der Waals surface area contributed by atoms with Crippen LogP contribution < -0.4 is 5.32 Å². The molecule has 1 aromatic carbocycles. The fraction of sp³-hybridized carbons (Fsp3) is 0.500. The predicted octanol–water partition coefficient (Wildman–Crippen LogP) is 3.78. The highest BCUT2D eigenvalue weighted by atomic mass is 35.5. The van der Waals surface area contributed by atoms with E-state index in [1.807, 2.05) is 13.8 Å². The summed E-state index contributed by atoms with van der Waals surface area (Å²) in [4.78, 5) is 37.6. The Hall–Kier alpha value is -1.79. The molecule has 0 aliphatic carbocycles. The van der Waals surface area contributed by atoms with Gasteiger partial charge in [0.2, 0.25) is 0 Å². The molecule has 2 rings (SSSR count). The van der Waals surface area contributed by atoms with Crippen LogP contribution >= 0.6 is 23.2 Å². The minimum absolute atomic E-state index is 0.133. The molecule has 1 fully saturated rings. The summed E-state index contributed by atoms with van der Waals surface area (Å²) in [5.41, 5.74) is -0.517. The number of hydrogen-bond donors (Lipinski definition) is 1. The molecule has 0 unspecified atom stereocenters. The van der Waals surface area contributed by atoms with E-state index in [-0.39, 0.29) is 6.61 Å². The van der Waals surface area contributed by atoms with Gasteiger partial charge < -0.3 is 10.1 Å². The lowest BCUT2D eigenvalue weighted by molar-refractivity contribution is -0.148. The lowest BCUT2D eigenvalue weighted by atomic mass is 9.92. The zero-order chi connectivity index (χ0) is 19.5. The maximum atomic E-state index is 12.6. The van der Waals surface area contributed by atoms with E-state index in [2.05, 4.69) is 5.32 Å². The van der Waals surface area contributed by atoms with Gasteiger partial charge in [0.15, 0.2) is 0 Å². The summed E-state index contributed by atoms with van der Waals surface area (Å²) in [5, 5.41) is 3.42. The van der Waals surface area contributed by atoms with E-state index in [1.54, 1.807) is 25.1 Å². The number of hydrogen-bond acceptors (Lipinski definition) is 4. The molecule has 3 amide bonds. The highest BCUT2D eigenvalue weighted by Crippen LogP contribution is 2.26. The van der Waals surface area contributed by atoms with Crippen molar-refractivity contribution in [2.24, 2.45) is 5.92 Å². The number of amides is 3. The Morgan fingerprint density at radius 3 is 2.46 bits per heavy atom. The second kappa shape index (κ2) is 8.27. The Morgan fingerprint density at radius 1 is 1.27 bits per heavy atom. The average Bonchev–Trinajstić information content (AvgIpc) is 2.76. The SMILES string of the molecule is CC(C)CC[C@]1(C)NC(=O)N(CC(=O)OCc2c(Cl)cccc2Cl)C1=O. The Balaban J connectivity index is 1.96. The van der Waals surface area contributed by atoms with Crippen molar-refractivity contribution in [3.05, 3.63) is 33.8 Å². The third kappa shape index (κ3) is 4.68. The first kappa shape index (κ1) is 20.5. The molecular formula is C18H22Cl2N2O4. The molecule has 1 aliphatic heterocycles. The minimum atomic E-state index is -0.992. The maximum absolute atomic E-state index is 12.6. The Morgan fingerprint density at radius 2 is 1.88 bits per heavy atom. The van der Waals surface area contributed by atoms with Gasteiger partial charge in [0.1, 0.15) is 18.7 Å². The van der Waals surface area contributed by atoms with E-state index < -0.39 is 30.0 Å². The van der Waals surface area contributed by atoms with Crippen molar-refractivity contribution in [1.29, 1.82) is 0 Å². The number of benzene rings is 1. The monoisotopic (exact) mass is 400 g/mol. The van der Waals surface area contributed by atoms with Crippen LogP contribution in [0.4, 0.5) is 4.79 Å². The molecule has 0 spiro atoms. The molecule has 1 N–H and O–H groups in total. The summed E-state index contributed by atoms with van der Waals surface area (Å²) in [6.07, 6.45) is 1.29. The lowest BCUT2D eigenvalue weighted by Crippen LogP contribution is -2.44. The van der Waals surface area contributed by atoms with Crippen LogP contribution in [0.25, 0.3) is 0 Å². The third-order valence-corrected chi connectivity index (χ3v) is 5.00. The van der Waals surface area contributed by atoms with Gasteiger partial charge >= 0.3 is 12.0 Å². The zero-order valence-corrected chi connectivity index (χ0v) is 16.5. The number of ether oxygens (including phenoxy) is 1. The number of nitrogens with zero attached hydrogens (tertiary/aromatic N) is 1. The van der Waals surface area contributed by atoms with Crippen LogP contribution in [-0.4, -0.2) is 34.9 Å². The van der Waals surface area contributed by atoms with Crippen LogP contribution in [0.5, 0.6) is 0 Å². The second-order valence-corrected chi connectivity index (χ2v) is 7.76. The van der Waals surface area contributed by atoms with Crippen molar-refractivity contribution in [3.63, 3.8) is 0 Å². The fourth-order valence-corrected chi connectivity index (χ4v) is 3.14. The number of halogens is 2. The number of rotatable bonds is 7. The quantitative estimate of drug-likeness (QED) is 0.557. The van der Waals surface area contributed by atoms with Gasteiger partial charge in [0.25, 0.3) is 5.91 Å². The van der Waals surface area contributed by atoms with Gasteiger partial charge in [-0.3, -0.25) is 14.5 Å². The highest BCUT2D eigenvalue weighted by molar-refractivity contribution is 6.35. The topological polar surface area (TPSA) is 75.7 Å². The van der Waals surface area contributed by atoms with Gasteiger partial charge in [-0.15, -0.1) is 0 Å². The van der Waals surface area contributed by atoms with Crippen molar-refractivity contribution >= 4 is 41.1 Å². The number of carbonyl (C=O) groups is 3. The van der Waals surface area contributed by atoms with E-state index in [0.29, 0.717) is 27.9 Å². The van der Waals surface area contributed by atoms with Crippen molar-refractivity contribution in [2.75, 3.05) is 6.54 Å². The van der Waals surface area contributed by atoms with Gasteiger partial charge in [-0.25, -0.2) is 4.79 Å². The average molecular weight is 401 g/mol. The van der Waals surface area contributed by atoms with Crippen LogP contribution in [0.2, 0.25) is 10.0 Å². The minimum Gasteiger partial charge on any atom is -0.459 e. The van der Waals surface area contributed by atoms with Gasteiger partial charge in [-0.1, -0.05) is 43.1 Å². The molecule has 1 aliphatic rings. The number of esters is 1. The van der Waals surface area contributed by atoms with E-state index in [1.165, 1.54) is 0 Å². The van der Waals surface area contributed by atoms with Gasteiger partial charge in [-0.05, 0) is 37.8 Å². The summed E-state index contributed by atoms with van der Waals surface area (Å²) in [5.74, 6) is -0.732. The molecule has 1 heterocycles. The van der Waals surface area contributed by atoms with Gasteiger partial charge in [-0.2, -0.15) is 0 Å². The van der Waals surface area contributed by atoms with Crippen molar-refractivity contribution in [2.45, 2.75) is 45.8 Å². The first-order chi connectivity index (χ1) is 12.1. The molecule has 6 nitrogen and oxygen atoms in total. The smallest absolute Gasteiger partial charge is 0.326 e. The molecule has 0 radical (unpaired) electrons. The van der Waals surface area contributed by atoms with Crippen molar-refractivity contribution < 1.29 is 19.1 Å². The largest absolute Gasteiger partial charge is 0.459 e. The molecular weight excluding hydrogens is 379 g/mol.